The van der Waals surface area contributed by atoms with E-state index in [0.717, 1.165) is 29.7 Å². The number of hydrogen-bond acceptors (Lipinski definition) is 2. The van der Waals surface area contributed by atoms with Crippen molar-refractivity contribution in [3.05, 3.63) is 58.6 Å². The number of rotatable bonds is 10. The summed E-state index contributed by atoms with van der Waals surface area (Å²) < 4.78 is 1.09. The first kappa shape index (κ1) is 20.2. The molecule has 1 N–H and O–H groups in total. The van der Waals surface area contributed by atoms with Crippen LogP contribution in [0.15, 0.2) is 53.0 Å². The molecule has 0 heterocycles. The third-order valence-electron chi connectivity index (χ3n) is 4.56. The summed E-state index contributed by atoms with van der Waals surface area (Å²) >= 11 is 3.47. The fraction of sp³-hybridized carbons (Fsp3) is 0.455. The van der Waals surface area contributed by atoms with Crippen molar-refractivity contribution >= 4 is 15.9 Å². The van der Waals surface area contributed by atoms with Crippen molar-refractivity contribution < 1.29 is 5.11 Å². The number of unbranched alkanes of at least 4 members (excludes halogenated alkanes) is 2. The second-order valence-electron chi connectivity index (χ2n) is 6.65. The number of aliphatic hydroxyl groups excluding tert-OH is 1. The van der Waals surface area contributed by atoms with Crippen molar-refractivity contribution in [3.63, 3.8) is 0 Å². The average Bonchev–Trinajstić information content (AvgIpc) is 2.64. The molecule has 25 heavy (non-hydrogen) atoms. The molecule has 0 aliphatic rings. The van der Waals surface area contributed by atoms with Gasteiger partial charge in [0.1, 0.15) is 0 Å². The fourth-order valence-electron chi connectivity index (χ4n) is 2.95. The first-order chi connectivity index (χ1) is 12.1. The number of benzene rings is 2. The Morgan fingerprint density at radius 2 is 1.32 bits per heavy atom. The summed E-state index contributed by atoms with van der Waals surface area (Å²) in [6.45, 7) is 7.30. The molecule has 1 atom stereocenters. The van der Waals surface area contributed by atoms with Gasteiger partial charge in [-0.3, -0.25) is 0 Å². The van der Waals surface area contributed by atoms with Gasteiger partial charge in [-0.05, 0) is 54.8 Å². The zero-order chi connectivity index (χ0) is 18.1. The molecule has 2 rings (SSSR count). The van der Waals surface area contributed by atoms with Crippen LogP contribution >= 0.6 is 15.9 Å². The number of hydrogen-bond donors (Lipinski definition) is 1. The second kappa shape index (κ2) is 10.7. The van der Waals surface area contributed by atoms with E-state index in [0.29, 0.717) is 0 Å². The SMILES string of the molecule is CCCCN(CCCC)C[C@H](O)c1ccc(-c2ccc(Br)cc2)cc1. The van der Waals surface area contributed by atoms with E-state index in [2.05, 4.69) is 83.2 Å². The molecular formula is C22H30BrNO. The van der Waals surface area contributed by atoms with Gasteiger partial charge in [0.05, 0.1) is 6.10 Å². The summed E-state index contributed by atoms with van der Waals surface area (Å²) in [6.07, 6.45) is 4.35. The maximum atomic E-state index is 10.6. The Labute approximate surface area is 161 Å². The summed E-state index contributed by atoms with van der Waals surface area (Å²) in [5.41, 5.74) is 3.37. The predicted molar refractivity (Wildman–Crippen MR) is 111 cm³/mol. The van der Waals surface area contributed by atoms with E-state index in [1.807, 2.05) is 0 Å². The third-order valence-corrected chi connectivity index (χ3v) is 5.09. The molecule has 3 heteroatoms. The Morgan fingerprint density at radius 1 is 0.840 bits per heavy atom. The Hall–Kier alpha value is -1.16. The van der Waals surface area contributed by atoms with Gasteiger partial charge in [-0.15, -0.1) is 0 Å². The van der Waals surface area contributed by atoms with Gasteiger partial charge in [0.25, 0.3) is 0 Å². The van der Waals surface area contributed by atoms with Crippen molar-refractivity contribution in [2.75, 3.05) is 19.6 Å². The van der Waals surface area contributed by atoms with Gasteiger partial charge in [-0.1, -0.05) is 79.0 Å². The van der Waals surface area contributed by atoms with Gasteiger partial charge in [0.2, 0.25) is 0 Å². The van der Waals surface area contributed by atoms with Crippen molar-refractivity contribution in [2.45, 2.75) is 45.6 Å². The molecule has 0 aromatic heterocycles. The highest BCUT2D eigenvalue weighted by molar-refractivity contribution is 9.10. The van der Waals surface area contributed by atoms with E-state index >= 15 is 0 Å². The Bertz CT molecular complexity index is 601. The summed E-state index contributed by atoms with van der Waals surface area (Å²) in [6, 6.07) is 16.6. The quantitative estimate of drug-likeness (QED) is 0.521. The summed E-state index contributed by atoms with van der Waals surface area (Å²) in [4.78, 5) is 2.40. The van der Waals surface area contributed by atoms with Crippen molar-refractivity contribution in [1.82, 2.24) is 4.90 Å². The fourth-order valence-corrected chi connectivity index (χ4v) is 3.21. The van der Waals surface area contributed by atoms with Gasteiger partial charge in [0.15, 0.2) is 0 Å². The van der Waals surface area contributed by atoms with Crippen LogP contribution in [0.2, 0.25) is 0 Å². The molecule has 0 saturated heterocycles. The van der Waals surface area contributed by atoms with E-state index in [4.69, 9.17) is 0 Å². The summed E-state index contributed by atoms with van der Waals surface area (Å²) in [7, 11) is 0. The molecule has 0 saturated carbocycles. The molecule has 0 spiro atoms. The van der Waals surface area contributed by atoms with E-state index in [1.165, 1.54) is 36.8 Å². The first-order valence-corrected chi connectivity index (χ1v) is 10.2. The van der Waals surface area contributed by atoms with Crippen molar-refractivity contribution in [1.29, 1.82) is 0 Å². The molecule has 0 unspecified atom stereocenters. The lowest BCUT2D eigenvalue weighted by molar-refractivity contribution is 0.111. The topological polar surface area (TPSA) is 23.5 Å². The molecular weight excluding hydrogens is 374 g/mol. The highest BCUT2D eigenvalue weighted by atomic mass is 79.9. The van der Waals surface area contributed by atoms with Gasteiger partial charge in [0, 0.05) is 11.0 Å². The van der Waals surface area contributed by atoms with Crippen LogP contribution in [0.25, 0.3) is 11.1 Å². The standard InChI is InChI=1S/C22H30BrNO/c1-3-5-15-24(16-6-4-2)17-22(25)20-9-7-18(8-10-20)19-11-13-21(23)14-12-19/h7-14,22,25H,3-6,15-17H2,1-2H3/t22-/m0/s1. The van der Waals surface area contributed by atoms with Crippen LogP contribution in [0, 0.1) is 0 Å². The molecule has 2 nitrogen and oxygen atoms in total. The molecule has 136 valence electrons. The largest absolute Gasteiger partial charge is 0.387 e. The van der Waals surface area contributed by atoms with E-state index < -0.39 is 6.10 Å². The van der Waals surface area contributed by atoms with Gasteiger partial charge in [-0.25, -0.2) is 0 Å². The van der Waals surface area contributed by atoms with Crippen LogP contribution in [0.1, 0.15) is 51.2 Å². The first-order valence-electron chi connectivity index (χ1n) is 9.40. The van der Waals surface area contributed by atoms with Gasteiger partial charge >= 0.3 is 0 Å². The highest BCUT2D eigenvalue weighted by Crippen LogP contribution is 2.24. The molecule has 0 amide bonds. The van der Waals surface area contributed by atoms with Crippen LogP contribution in [-0.4, -0.2) is 29.6 Å². The lowest BCUT2D eigenvalue weighted by Crippen LogP contribution is -2.30. The minimum atomic E-state index is -0.423. The number of aliphatic hydroxyl groups is 1. The van der Waals surface area contributed by atoms with Crippen LogP contribution < -0.4 is 0 Å². The smallest absolute Gasteiger partial charge is 0.0916 e. The molecule has 0 bridgehead atoms. The molecule has 0 aliphatic carbocycles. The van der Waals surface area contributed by atoms with Gasteiger partial charge < -0.3 is 10.0 Å². The molecule has 2 aromatic rings. The van der Waals surface area contributed by atoms with Crippen LogP contribution in [-0.2, 0) is 0 Å². The lowest BCUT2D eigenvalue weighted by Gasteiger charge is -2.25. The van der Waals surface area contributed by atoms with Crippen LogP contribution in [0.4, 0.5) is 0 Å². The Kier molecular flexibility index (Phi) is 8.66. The maximum Gasteiger partial charge on any atom is 0.0916 e. The predicted octanol–water partition coefficient (Wildman–Crippen LogP) is 6.05. The Morgan fingerprint density at radius 3 is 1.80 bits per heavy atom. The number of nitrogens with zero attached hydrogens (tertiary/aromatic N) is 1. The Balaban J connectivity index is 2.00. The van der Waals surface area contributed by atoms with E-state index in [9.17, 15) is 5.11 Å². The average molecular weight is 404 g/mol. The zero-order valence-corrected chi connectivity index (χ0v) is 17.0. The highest BCUT2D eigenvalue weighted by Gasteiger charge is 2.13. The van der Waals surface area contributed by atoms with Crippen molar-refractivity contribution in [2.24, 2.45) is 0 Å². The summed E-state index contributed by atoms with van der Waals surface area (Å²) in [5.74, 6) is 0. The van der Waals surface area contributed by atoms with Crippen molar-refractivity contribution in [3.8, 4) is 11.1 Å². The molecule has 2 aromatic carbocycles. The normalized spacial score (nSPS) is 12.5. The van der Waals surface area contributed by atoms with Gasteiger partial charge in [-0.2, -0.15) is 0 Å². The second-order valence-corrected chi connectivity index (χ2v) is 7.57. The maximum absolute atomic E-state index is 10.6. The van der Waals surface area contributed by atoms with E-state index in [-0.39, 0.29) is 0 Å². The molecule has 0 radical (unpaired) electrons. The molecule has 0 fully saturated rings. The minimum absolute atomic E-state index is 0.423. The monoisotopic (exact) mass is 403 g/mol. The summed E-state index contributed by atoms with van der Waals surface area (Å²) in [5, 5.41) is 10.6. The van der Waals surface area contributed by atoms with Crippen LogP contribution in [0.3, 0.4) is 0 Å². The third kappa shape index (κ3) is 6.58. The van der Waals surface area contributed by atoms with Crippen LogP contribution in [0.5, 0.6) is 0 Å². The van der Waals surface area contributed by atoms with E-state index in [1.54, 1.807) is 0 Å². The number of halogens is 1. The lowest BCUT2D eigenvalue weighted by atomic mass is 10.0. The zero-order valence-electron chi connectivity index (χ0n) is 15.4. The molecule has 0 aliphatic heterocycles. The minimum Gasteiger partial charge on any atom is -0.387 e.